The van der Waals surface area contributed by atoms with Crippen molar-refractivity contribution in [3.63, 3.8) is 0 Å². The first-order chi connectivity index (χ1) is 19.4. The molecule has 0 spiro atoms. The van der Waals surface area contributed by atoms with Gasteiger partial charge in [0.1, 0.15) is 40.6 Å². The van der Waals surface area contributed by atoms with Crippen molar-refractivity contribution in [3.8, 4) is 12.1 Å². The molecule has 0 bridgehead atoms. The summed E-state index contributed by atoms with van der Waals surface area (Å²) >= 11 is 3.26. The number of alkyl halides is 1. The van der Waals surface area contributed by atoms with Gasteiger partial charge in [0.15, 0.2) is 30.7 Å². The average molecular weight is 609 g/mol. The summed E-state index contributed by atoms with van der Waals surface area (Å²) < 4.78 is 39.4. The van der Waals surface area contributed by atoms with E-state index >= 15 is 4.39 Å². The largest absolute Gasteiger partial charge is 0.483 e. The molecule has 0 radical (unpaired) electrons. The lowest BCUT2D eigenvalue weighted by Crippen LogP contribution is -2.37. The summed E-state index contributed by atoms with van der Waals surface area (Å²) in [7, 11) is 0. The number of benzene rings is 2. The molecule has 40 heavy (non-hydrogen) atoms. The Hall–Kier alpha value is -4.52. The SMILES string of the molecule is CCO/C=N/c1c(C#N)c(C#N)c(Br)n1[C@H]1O[C@H](COC(=O)c2ccccc2)[C@@H](OC(=O)c2ccccc2)[C@@H]1F. The summed E-state index contributed by atoms with van der Waals surface area (Å²) in [4.78, 5) is 29.5. The van der Waals surface area contributed by atoms with Crippen molar-refractivity contribution in [1.82, 2.24) is 4.57 Å². The highest BCUT2D eigenvalue weighted by Crippen LogP contribution is 2.43. The fourth-order valence-electron chi connectivity index (χ4n) is 4.04. The molecular weight excluding hydrogens is 587 g/mol. The average Bonchev–Trinajstić information content (AvgIpc) is 3.43. The van der Waals surface area contributed by atoms with Crippen molar-refractivity contribution in [1.29, 1.82) is 10.5 Å². The number of carbonyl (C=O) groups is 2. The van der Waals surface area contributed by atoms with Crippen LogP contribution < -0.4 is 0 Å². The summed E-state index contributed by atoms with van der Waals surface area (Å²) in [6, 6.07) is 20.0. The van der Waals surface area contributed by atoms with Crippen LogP contribution in [0.2, 0.25) is 0 Å². The molecule has 0 unspecified atom stereocenters. The third-order valence-electron chi connectivity index (χ3n) is 5.92. The lowest BCUT2D eigenvalue weighted by molar-refractivity contribution is -0.0579. The highest BCUT2D eigenvalue weighted by Gasteiger charge is 2.51. The van der Waals surface area contributed by atoms with Crippen LogP contribution in [0.4, 0.5) is 10.2 Å². The monoisotopic (exact) mass is 608 g/mol. The van der Waals surface area contributed by atoms with Crippen LogP contribution >= 0.6 is 15.9 Å². The van der Waals surface area contributed by atoms with Crippen LogP contribution in [0.25, 0.3) is 0 Å². The highest BCUT2D eigenvalue weighted by atomic mass is 79.9. The van der Waals surface area contributed by atoms with Crippen molar-refractivity contribution in [3.05, 3.63) is 87.5 Å². The number of rotatable bonds is 9. The van der Waals surface area contributed by atoms with Gasteiger partial charge in [-0.3, -0.25) is 4.57 Å². The number of ether oxygens (including phenoxy) is 4. The van der Waals surface area contributed by atoms with Crippen molar-refractivity contribution >= 4 is 40.1 Å². The number of hydrogen-bond acceptors (Lipinski definition) is 9. The smallest absolute Gasteiger partial charge is 0.338 e. The molecule has 4 rings (SSSR count). The maximum absolute atomic E-state index is 16.2. The number of aromatic nitrogens is 1. The van der Waals surface area contributed by atoms with E-state index in [9.17, 15) is 20.1 Å². The Morgan fingerprint density at radius 2 is 1.65 bits per heavy atom. The minimum Gasteiger partial charge on any atom is -0.483 e. The van der Waals surface area contributed by atoms with Gasteiger partial charge in [-0.15, -0.1) is 0 Å². The number of carbonyl (C=O) groups excluding carboxylic acids is 2. The molecule has 0 aliphatic carbocycles. The van der Waals surface area contributed by atoms with E-state index in [0.717, 1.165) is 6.40 Å². The molecule has 2 aromatic carbocycles. The Bertz CT molecular complexity index is 1480. The van der Waals surface area contributed by atoms with E-state index in [0.29, 0.717) is 0 Å². The third-order valence-corrected chi connectivity index (χ3v) is 6.70. The first-order valence-electron chi connectivity index (χ1n) is 12.1. The van der Waals surface area contributed by atoms with E-state index in [-0.39, 0.29) is 39.3 Å². The predicted octanol–water partition coefficient (Wildman–Crippen LogP) is 5.01. The molecule has 1 saturated heterocycles. The second kappa shape index (κ2) is 13.0. The van der Waals surface area contributed by atoms with Crippen LogP contribution in [0, 0.1) is 22.7 Å². The van der Waals surface area contributed by atoms with Gasteiger partial charge in [-0.1, -0.05) is 36.4 Å². The number of nitriles is 2. The van der Waals surface area contributed by atoms with E-state index in [1.54, 1.807) is 55.5 Å². The van der Waals surface area contributed by atoms with Crippen molar-refractivity contribution in [2.45, 2.75) is 31.5 Å². The Morgan fingerprint density at radius 3 is 2.23 bits per heavy atom. The molecule has 204 valence electrons. The summed E-state index contributed by atoms with van der Waals surface area (Å²) in [6.45, 7) is 1.54. The molecule has 1 aromatic heterocycles. The fourth-order valence-corrected chi connectivity index (χ4v) is 4.69. The van der Waals surface area contributed by atoms with Crippen LogP contribution in [0.3, 0.4) is 0 Å². The molecule has 0 saturated carbocycles. The Kier molecular flexibility index (Phi) is 9.27. The summed E-state index contributed by atoms with van der Waals surface area (Å²) in [6.07, 6.45) is -5.24. The number of aliphatic imine (C=N–C) groups is 1. The molecule has 10 nitrogen and oxygen atoms in total. The van der Waals surface area contributed by atoms with Gasteiger partial charge >= 0.3 is 11.9 Å². The molecule has 4 atom stereocenters. The van der Waals surface area contributed by atoms with Crippen LogP contribution in [0.5, 0.6) is 0 Å². The third kappa shape index (κ3) is 5.88. The number of halogens is 2. The lowest BCUT2D eigenvalue weighted by Gasteiger charge is -2.20. The molecule has 0 N–H and O–H groups in total. The predicted molar refractivity (Wildman–Crippen MR) is 143 cm³/mol. The number of esters is 2. The van der Waals surface area contributed by atoms with Crippen LogP contribution in [0.1, 0.15) is 45.0 Å². The van der Waals surface area contributed by atoms with Gasteiger partial charge in [-0.25, -0.2) is 19.0 Å². The van der Waals surface area contributed by atoms with Gasteiger partial charge < -0.3 is 18.9 Å². The van der Waals surface area contributed by atoms with E-state index in [1.165, 1.54) is 16.7 Å². The first-order valence-corrected chi connectivity index (χ1v) is 12.9. The van der Waals surface area contributed by atoms with Gasteiger partial charge in [0.2, 0.25) is 0 Å². The van der Waals surface area contributed by atoms with Crippen molar-refractivity contribution < 1.29 is 32.9 Å². The molecule has 1 fully saturated rings. The summed E-state index contributed by atoms with van der Waals surface area (Å²) in [5.74, 6) is -1.60. The van der Waals surface area contributed by atoms with Gasteiger partial charge in [0.25, 0.3) is 0 Å². The summed E-state index contributed by atoms with van der Waals surface area (Å²) in [5, 5.41) is 19.4. The normalized spacial score (nSPS) is 20.0. The van der Waals surface area contributed by atoms with E-state index in [1.807, 2.05) is 12.1 Å². The second-order valence-corrected chi connectivity index (χ2v) is 9.11. The number of hydrogen-bond donors (Lipinski definition) is 0. The molecular formula is C28H22BrFN4O6. The molecule has 1 aliphatic heterocycles. The molecule has 1 aliphatic rings. The molecule has 12 heteroatoms. The molecule has 0 amide bonds. The van der Waals surface area contributed by atoms with E-state index in [4.69, 9.17) is 18.9 Å². The zero-order chi connectivity index (χ0) is 28.6. The maximum atomic E-state index is 16.2. The minimum atomic E-state index is -2.02. The quantitative estimate of drug-likeness (QED) is 0.188. The second-order valence-electron chi connectivity index (χ2n) is 8.36. The standard InChI is InChI=1S/C28H22BrFN4O6/c1-2-37-16-33-25-20(14-32)19(13-31)24(29)34(25)26-22(30)23(40-28(36)18-11-7-4-8-12-18)21(39-26)15-38-27(35)17-9-5-3-6-10-17/h3-12,16,21-23,26H,2,15H2,1H3/b33-16+/t21-,22+,23-,26+/m1/s1. The van der Waals surface area contributed by atoms with E-state index in [2.05, 4.69) is 20.9 Å². The van der Waals surface area contributed by atoms with E-state index < -0.39 is 43.2 Å². The maximum Gasteiger partial charge on any atom is 0.338 e. The molecule has 3 aromatic rings. The van der Waals surface area contributed by atoms with Gasteiger partial charge in [0.05, 0.1) is 17.7 Å². The minimum absolute atomic E-state index is 0.0258. The van der Waals surface area contributed by atoms with Crippen LogP contribution in [0.15, 0.2) is 70.3 Å². The Balaban J connectivity index is 1.69. The zero-order valence-electron chi connectivity index (χ0n) is 21.1. The van der Waals surface area contributed by atoms with Gasteiger partial charge in [0, 0.05) is 0 Å². The Labute approximate surface area is 237 Å². The lowest BCUT2D eigenvalue weighted by atomic mass is 10.1. The fraction of sp³-hybridized carbons (Fsp3) is 0.250. The molecule has 2 heterocycles. The Morgan fingerprint density at radius 1 is 1.05 bits per heavy atom. The van der Waals surface area contributed by atoms with Crippen LogP contribution in [-0.4, -0.2) is 54.5 Å². The first kappa shape index (κ1) is 28.5. The van der Waals surface area contributed by atoms with Gasteiger partial charge in [-0.05, 0) is 47.1 Å². The topological polar surface area (TPSA) is 136 Å². The summed E-state index contributed by atoms with van der Waals surface area (Å²) in [5.41, 5.74) is 0.210. The van der Waals surface area contributed by atoms with Gasteiger partial charge in [-0.2, -0.15) is 10.5 Å². The highest BCUT2D eigenvalue weighted by molar-refractivity contribution is 9.10. The van der Waals surface area contributed by atoms with Crippen molar-refractivity contribution in [2.24, 2.45) is 4.99 Å². The zero-order valence-corrected chi connectivity index (χ0v) is 22.7. The van der Waals surface area contributed by atoms with Crippen LogP contribution in [-0.2, 0) is 18.9 Å². The number of nitrogens with zero attached hydrogens (tertiary/aromatic N) is 4. The van der Waals surface area contributed by atoms with Crippen molar-refractivity contribution in [2.75, 3.05) is 13.2 Å².